The van der Waals surface area contributed by atoms with Gasteiger partial charge in [0.1, 0.15) is 0 Å². The standard InChI is InChI=1S/C10H13BrN2OS/c1-7(14)12-8-4-13(5-8)6-9-2-3-10(11)15-9/h2-3,8H,4-6H2,1H3,(H,12,14). The minimum absolute atomic E-state index is 0.0681. The van der Waals surface area contributed by atoms with Gasteiger partial charge in [-0.25, -0.2) is 0 Å². The molecule has 1 amide bonds. The van der Waals surface area contributed by atoms with Crippen molar-refractivity contribution in [2.75, 3.05) is 13.1 Å². The number of thiophene rings is 1. The van der Waals surface area contributed by atoms with Gasteiger partial charge < -0.3 is 5.32 Å². The average Bonchev–Trinajstić information content (AvgIpc) is 2.47. The predicted molar refractivity (Wildman–Crippen MR) is 64.9 cm³/mol. The van der Waals surface area contributed by atoms with Crippen molar-refractivity contribution >= 4 is 33.2 Å². The summed E-state index contributed by atoms with van der Waals surface area (Å²) in [6.45, 7) is 4.50. The minimum Gasteiger partial charge on any atom is -0.351 e. The van der Waals surface area contributed by atoms with E-state index in [0.717, 1.165) is 19.6 Å². The molecular weight excluding hydrogens is 276 g/mol. The molecule has 2 rings (SSSR count). The third-order valence-corrected chi connectivity index (χ3v) is 3.98. The van der Waals surface area contributed by atoms with Crippen LogP contribution in [0.2, 0.25) is 0 Å². The van der Waals surface area contributed by atoms with Gasteiger partial charge in [-0.1, -0.05) is 0 Å². The molecule has 5 heteroatoms. The van der Waals surface area contributed by atoms with Crippen LogP contribution < -0.4 is 5.32 Å². The third kappa shape index (κ3) is 3.03. The molecule has 0 aliphatic carbocycles. The van der Waals surface area contributed by atoms with E-state index in [9.17, 15) is 4.79 Å². The molecule has 0 radical (unpaired) electrons. The van der Waals surface area contributed by atoms with Crippen molar-refractivity contribution in [3.8, 4) is 0 Å². The van der Waals surface area contributed by atoms with Gasteiger partial charge in [0.15, 0.2) is 0 Å². The fourth-order valence-corrected chi connectivity index (χ4v) is 3.26. The van der Waals surface area contributed by atoms with E-state index in [1.807, 2.05) is 0 Å². The summed E-state index contributed by atoms with van der Waals surface area (Å²) < 4.78 is 1.18. The Balaban J connectivity index is 1.74. The van der Waals surface area contributed by atoms with Gasteiger partial charge in [0.2, 0.25) is 5.91 Å². The van der Waals surface area contributed by atoms with Crippen LogP contribution in [0.15, 0.2) is 15.9 Å². The lowest BCUT2D eigenvalue weighted by Crippen LogP contribution is -2.58. The largest absolute Gasteiger partial charge is 0.351 e. The van der Waals surface area contributed by atoms with Crippen LogP contribution in [0.1, 0.15) is 11.8 Å². The molecule has 2 heterocycles. The number of nitrogens with zero attached hydrogens (tertiary/aromatic N) is 1. The second-order valence-corrected chi connectivity index (χ2v) is 6.34. The topological polar surface area (TPSA) is 32.3 Å². The maximum absolute atomic E-state index is 10.8. The molecule has 1 aliphatic heterocycles. The molecule has 1 fully saturated rings. The van der Waals surface area contributed by atoms with Crippen molar-refractivity contribution in [1.29, 1.82) is 0 Å². The van der Waals surface area contributed by atoms with E-state index in [4.69, 9.17) is 0 Å². The summed E-state index contributed by atoms with van der Waals surface area (Å²) in [5.74, 6) is 0.0681. The lowest BCUT2D eigenvalue weighted by Gasteiger charge is -2.39. The first kappa shape index (κ1) is 11.1. The highest BCUT2D eigenvalue weighted by molar-refractivity contribution is 9.11. The Kier molecular flexibility index (Phi) is 3.43. The maximum atomic E-state index is 10.8. The minimum atomic E-state index is 0.0681. The van der Waals surface area contributed by atoms with Gasteiger partial charge in [0.05, 0.1) is 9.83 Å². The Morgan fingerprint density at radius 1 is 1.67 bits per heavy atom. The van der Waals surface area contributed by atoms with E-state index in [1.165, 1.54) is 8.66 Å². The van der Waals surface area contributed by atoms with Crippen LogP contribution in [0, 0.1) is 0 Å². The van der Waals surface area contributed by atoms with E-state index in [2.05, 4.69) is 38.3 Å². The van der Waals surface area contributed by atoms with Crippen LogP contribution in [-0.2, 0) is 11.3 Å². The maximum Gasteiger partial charge on any atom is 0.217 e. The first-order valence-corrected chi connectivity index (χ1v) is 6.48. The summed E-state index contributed by atoms with van der Waals surface area (Å²) in [6, 6.07) is 4.57. The van der Waals surface area contributed by atoms with Gasteiger partial charge in [0.25, 0.3) is 0 Å². The molecule has 0 spiro atoms. The first-order chi connectivity index (χ1) is 7.13. The van der Waals surface area contributed by atoms with Crippen LogP contribution in [0.25, 0.3) is 0 Å². The highest BCUT2D eigenvalue weighted by atomic mass is 79.9. The van der Waals surface area contributed by atoms with Gasteiger partial charge in [-0.3, -0.25) is 9.69 Å². The second-order valence-electron chi connectivity index (χ2n) is 3.80. The molecular formula is C10H13BrN2OS. The number of rotatable bonds is 3. The zero-order valence-electron chi connectivity index (χ0n) is 8.50. The number of carbonyl (C=O) groups is 1. The number of hydrogen-bond donors (Lipinski definition) is 1. The summed E-state index contributed by atoms with van der Waals surface area (Å²) in [7, 11) is 0. The monoisotopic (exact) mass is 288 g/mol. The molecule has 82 valence electrons. The molecule has 1 saturated heterocycles. The van der Waals surface area contributed by atoms with Gasteiger partial charge >= 0.3 is 0 Å². The van der Waals surface area contributed by atoms with E-state index < -0.39 is 0 Å². The molecule has 1 N–H and O–H groups in total. The predicted octanol–water partition coefficient (Wildman–Crippen LogP) is 1.83. The zero-order valence-corrected chi connectivity index (χ0v) is 10.9. The Labute approximate surface area is 102 Å². The normalized spacial score (nSPS) is 17.5. The molecule has 1 aromatic heterocycles. The Morgan fingerprint density at radius 3 is 2.93 bits per heavy atom. The molecule has 1 aromatic rings. The molecule has 0 bridgehead atoms. The number of likely N-dealkylation sites (tertiary alicyclic amines) is 1. The van der Waals surface area contributed by atoms with E-state index in [1.54, 1.807) is 18.3 Å². The number of nitrogens with one attached hydrogen (secondary N) is 1. The Morgan fingerprint density at radius 2 is 2.40 bits per heavy atom. The molecule has 1 aliphatic rings. The van der Waals surface area contributed by atoms with Crippen molar-refractivity contribution in [2.45, 2.75) is 19.5 Å². The molecule has 3 nitrogen and oxygen atoms in total. The first-order valence-electron chi connectivity index (χ1n) is 4.87. The van der Waals surface area contributed by atoms with Crippen LogP contribution in [0.4, 0.5) is 0 Å². The number of halogens is 1. The third-order valence-electron chi connectivity index (χ3n) is 2.37. The fourth-order valence-electron chi connectivity index (χ4n) is 1.73. The Bertz CT molecular complexity index is 360. The lowest BCUT2D eigenvalue weighted by molar-refractivity contribution is -0.120. The highest BCUT2D eigenvalue weighted by Crippen LogP contribution is 2.24. The van der Waals surface area contributed by atoms with Crippen LogP contribution >= 0.6 is 27.3 Å². The molecule has 15 heavy (non-hydrogen) atoms. The summed E-state index contributed by atoms with van der Waals surface area (Å²) in [5.41, 5.74) is 0. The molecule has 0 saturated carbocycles. The zero-order chi connectivity index (χ0) is 10.8. The van der Waals surface area contributed by atoms with Crippen molar-refractivity contribution in [3.05, 3.63) is 20.8 Å². The highest BCUT2D eigenvalue weighted by Gasteiger charge is 2.27. The molecule has 0 atom stereocenters. The lowest BCUT2D eigenvalue weighted by atomic mass is 10.1. The van der Waals surface area contributed by atoms with Crippen molar-refractivity contribution < 1.29 is 4.79 Å². The van der Waals surface area contributed by atoms with Crippen LogP contribution in [0.5, 0.6) is 0 Å². The van der Waals surface area contributed by atoms with E-state index in [-0.39, 0.29) is 5.91 Å². The van der Waals surface area contributed by atoms with Gasteiger partial charge in [-0.2, -0.15) is 0 Å². The van der Waals surface area contributed by atoms with E-state index >= 15 is 0 Å². The smallest absolute Gasteiger partial charge is 0.217 e. The van der Waals surface area contributed by atoms with Gasteiger partial charge in [-0.15, -0.1) is 11.3 Å². The SMILES string of the molecule is CC(=O)NC1CN(Cc2ccc(Br)s2)C1. The van der Waals surface area contributed by atoms with Crippen LogP contribution in [0.3, 0.4) is 0 Å². The number of amides is 1. The summed E-state index contributed by atoms with van der Waals surface area (Å²) in [6.07, 6.45) is 0. The number of hydrogen-bond acceptors (Lipinski definition) is 3. The fraction of sp³-hybridized carbons (Fsp3) is 0.500. The molecule has 0 aromatic carbocycles. The van der Waals surface area contributed by atoms with Gasteiger partial charge in [-0.05, 0) is 28.1 Å². The van der Waals surface area contributed by atoms with E-state index in [0.29, 0.717) is 6.04 Å². The van der Waals surface area contributed by atoms with Crippen molar-refractivity contribution in [3.63, 3.8) is 0 Å². The Hall–Kier alpha value is -0.390. The second kappa shape index (κ2) is 4.63. The molecule has 0 unspecified atom stereocenters. The van der Waals surface area contributed by atoms with Gasteiger partial charge in [0, 0.05) is 31.4 Å². The van der Waals surface area contributed by atoms with Crippen LogP contribution in [-0.4, -0.2) is 29.9 Å². The quantitative estimate of drug-likeness (QED) is 0.920. The van der Waals surface area contributed by atoms with Crippen molar-refractivity contribution in [2.24, 2.45) is 0 Å². The summed E-state index contributed by atoms with van der Waals surface area (Å²) in [4.78, 5) is 14.5. The number of carbonyl (C=O) groups excluding carboxylic acids is 1. The van der Waals surface area contributed by atoms with Crippen molar-refractivity contribution in [1.82, 2.24) is 10.2 Å². The summed E-state index contributed by atoms with van der Waals surface area (Å²) in [5, 5.41) is 2.91. The summed E-state index contributed by atoms with van der Waals surface area (Å²) >= 11 is 5.22. The average molecular weight is 289 g/mol.